The van der Waals surface area contributed by atoms with Crippen molar-refractivity contribution in [3.8, 4) is 0 Å². The lowest BCUT2D eigenvalue weighted by Crippen LogP contribution is -2.52. The minimum absolute atomic E-state index is 0.198. The third-order valence-electron chi connectivity index (χ3n) is 4.03. The van der Waals surface area contributed by atoms with Gasteiger partial charge in [0.15, 0.2) is 5.96 Å². The quantitative estimate of drug-likeness (QED) is 0.437. The Bertz CT molecular complexity index is 516. The first kappa shape index (κ1) is 19.5. The molecule has 0 aliphatic carbocycles. The van der Waals surface area contributed by atoms with E-state index < -0.39 is 0 Å². The van der Waals surface area contributed by atoms with Gasteiger partial charge in [0, 0.05) is 45.5 Å². The maximum atomic E-state index is 13.1. The molecule has 6 nitrogen and oxygen atoms in total. The Hall–Kier alpha value is -1.86. The van der Waals surface area contributed by atoms with Crippen LogP contribution < -0.4 is 10.2 Å². The van der Waals surface area contributed by atoms with Gasteiger partial charge in [-0.1, -0.05) is 0 Å². The first-order chi connectivity index (χ1) is 12.2. The molecule has 0 amide bonds. The van der Waals surface area contributed by atoms with Crippen molar-refractivity contribution in [2.24, 2.45) is 4.99 Å². The number of rotatable bonds is 8. The van der Waals surface area contributed by atoms with Gasteiger partial charge in [-0.3, -0.25) is 4.99 Å². The number of piperazine rings is 1. The minimum atomic E-state index is -0.198. The van der Waals surface area contributed by atoms with Gasteiger partial charge in [-0.2, -0.15) is 0 Å². The number of halogens is 1. The molecule has 25 heavy (non-hydrogen) atoms. The molecule has 0 saturated carbocycles. The molecule has 1 aliphatic heterocycles. The first-order valence-electron chi connectivity index (χ1n) is 8.85. The molecule has 140 valence electrons. The fraction of sp³-hybridized carbons (Fsp3) is 0.611. The number of benzene rings is 1. The monoisotopic (exact) mass is 352 g/mol. The molecular weight excluding hydrogens is 323 g/mol. The number of hydrogen-bond acceptors (Lipinski definition) is 4. The van der Waals surface area contributed by atoms with Crippen LogP contribution in [0.4, 0.5) is 10.1 Å². The lowest BCUT2D eigenvalue weighted by molar-refractivity contribution is 0.0747. The predicted octanol–water partition coefficient (Wildman–Crippen LogP) is 1.58. The van der Waals surface area contributed by atoms with Crippen LogP contribution in [0.2, 0.25) is 0 Å². The molecule has 0 unspecified atom stereocenters. The largest absolute Gasteiger partial charge is 0.382 e. The van der Waals surface area contributed by atoms with Crippen molar-refractivity contribution in [1.82, 2.24) is 10.2 Å². The van der Waals surface area contributed by atoms with Crippen molar-refractivity contribution < 1.29 is 13.9 Å². The van der Waals surface area contributed by atoms with Gasteiger partial charge in [0.25, 0.3) is 0 Å². The smallest absolute Gasteiger partial charge is 0.194 e. The van der Waals surface area contributed by atoms with E-state index >= 15 is 0 Å². The molecular formula is C18H29FN4O2. The van der Waals surface area contributed by atoms with Crippen molar-refractivity contribution in [3.05, 3.63) is 30.1 Å². The van der Waals surface area contributed by atoms with Crippen LogP contribution in [-0.4, -0.2) is 77.1 Å². The summed E-state index contributed by atoms with van der Waals surface area (Å²) in [4.78, 5) is 9.18. The highest BCUT2D eigenvalue weighted by molar-refractivity contribution is 5.80. The summed E-state index contributed by atoms with van der Waals surface area (Å²) in [6, 6.07) is 6.69. The Balaban J connectivity index is 1.81. The van der Waals surface area contributed by atoms with E-state index in [1.54, 1.807) is 7.11 Å². The number of methoxy groups -OCH3 is 1. The highest BCUT2D eigenvalue weighted by Crippen LogP contribution is 2.16. The number of hydrogen-bond donors (Lipinski definition) is 1. The molecule has 0 radical (unpaired) electrons. The zero-order valence-corrected chi connectivity index (χ0v) is 15.2. The van der Waals surface area contributed by atoms with Crippen molar-refractivity contribution in [2.45, 2.75) is 6.92 Å². The molecule has 1 fully saturated rings. The highest BCUT2D eigenvalue weighted by Gasteiger charge is 2.19. The summed E-state index contributed by atoms with van der Waals surface area (Å²) in [6.45, 7) is 8.87. The van der Waals surface area contributed by atoms with E-state index in [1.807, 2.05) is 12.1 Å². The lowest BCUT2D eigenvalue weighted by Gasteiger charge is -2.37. The Morgan fingerprint density at radius 1 is 1.12 bits per heavy atom. The second kappa shape index (κ2) is 10.9. The van der Waals surface area contributed by atoms with Crippen LogP contribution in [0.3, 0.4) is 0 Å². The van der Waals surface area contributed by atoms with Gasteiger partial charge >= 0.3 is 0 Å². The van der Waals surface area contributed by atoms with E-state index in [2.05, 4.69) is 27.0 Å². The Morgan fingerprint density at radius 3 is 2.48 bits per heavy atom. The summed E-state index contributed by atoms with van der Waals surface area (Å²) >= 11 is 0. The predicted molar refractivity (Wildman–Crippen MR) is 98.9 cm³/mol. The molecule has 7 heteroatoms. The Morgan fingerprint density at radius 2 is 1.84 bits per heavy atom. The second-order valence-corrected chi connectivity index (χ2v) is 5.79. The summed E-state index contributed by atoms with van der Waals surface area (Å²) in [7, 11) is 1.66. The number of guanidine groups is 1. The standard InChI is InChI=1S/C18H29FN4O2/c1-3-20-18(21-8-13-25-15-14-24-2)23-11-9-22(10-12-23)17-6-4-16(19)5-7-17/h4-7H,3,8-15H2,1-2H3,(H,20,21). The zero-order chi connectivity index (χ0) is 17.9. The number of ether oxygens (including phenoxy) is 2. The fourth-order valence-corrected chi connectivity index (χ4v) is 2.71. The topological polar surface area (TPSA) is 49.3 Å². The molecule has 1 aromatic carbocycles. The van der Waals surface area contributed by atoms with Crippen LogP contribution in [0.15, 0.2) is 29.3 Å². The molecule has 1 heterocycles. The van der Waals surface area contributed by atoms with E-state index in [9.17, 15) is 4.39 Å². The van der Waals surface area contributed by atoms with Gasteiger partial charge in [0.1, 0.15) is 5.82 Å². The summed E-state index contributed by atoms with van der Waals surface area (Å²) in [5.74, 6) is 0.730. The third kappa shape index (κ3) is 6.51. The molecule has 0 atom stereocenters. The van der Waals surface area contributed by atoms with Gasteiger partial charge in [-0.15, -0.1) is 0 Å². The normalized spacial score (nSPS) is 15.6. The maximum Gasteiger partial charge on any atom is 0.194 e. The maximum absolute atomic E-state index is 13.1. The molecule has 2 rings (SSSR count). The lowest BCUT2D eigenvalue weighted by atomic mass is 10.2. The van der Waals surface area contributed by atoms with E-state index in [-0.39, 0.29) is 5.82 Å². The van der Waals surface area contributed by atoms with Gasteiger partial charge in [0.2, 0.25) is 0 Å². The average molecular weight is 352 g/mol. The first-order valence-corrected chi connectivity index (χ1v) is 8.85. The molecule has 1 aromatic rings. The van der Waals surface area contributed by atoms with Crippen molar-refractivity contribution in [1.29, 1.82) is 0 Å². The van der Waals surface area contributed by atoms with E-state index in [4.69, 9.17) is 9.47 Å². The molecule has 0 aromatic heterocycles. The zero-order valence-electron chi connectivity index (χ0n) is 15.2. The van der Waals surface area contributed by atoms with Gasteiger partial charge in [0.05, 0.1) is 26.4 Å². The van der Waals surface area contributed by atoms with E-state index in [0.717, 1.165) is 44.4 Å². The number of nitrogens with one attached hydrogen (secondary N) is 1. The number of aliphatic imine (C=N–C) groups is 1. The fourth-order valence-electron chi connectivity index (χ4n) is 2.71. The summed E-state index contributed by atoms with van der Waals surface area (Å²) in [6.07, 6.45) is 0. The average Bonchev–Trinajstić information content (AvgIpc) is 2.64. The Labute approximate surface area is 149 Å². The summed E-state index contributed by atoms with van der Waals surface area (Å²) in [5.41, 5.74) is 1.06. The SMILES string of the molecule is CCNC(=NCCOCCOC)N1CCN(c2ccc(F)cc2)CC1. The molecule has 1 N–H and O–H groups in total. The van der Waals surface area contributed by atoms with Crippen molar-refractivity contribution >= 4 is 11.6 Å². The van der Waals surface area contributed by atoms with E-state index in [1.165, 1.54) is 12.1 Å². The van der Waals surface area contributed by atoms with Crippen LogP contribution in [0.25, 0.3) is 0 Å². The van der Waals surface area contributed by atoms with Crippen LogP contribution in [0.1, 0.15) is 6.92 Å². The third-order valence-corrected chi connectivity index (χ3v) is 4.03. The van der Waals surface area contributed by atoms with Gasteiger partial charge < -0.3 is 24.6 Å². The molecule has 1 saturated heterocycles. The second-order valence-electron chi connectivity index (χ2n) is 5.79. The minimum Gasteiger partial charge on any atom is -0.382 e. The van der Waals surface area contributed by atoms with Crippen molar-refractivity contribution in [3.63, 3.8) is 0 Å². The summed E-state index contributed by atoms with van der Waals surface area (Å²) in [5, 5.41) is 3.34. The van der Waals surface area contributed by atoms with Crippen LogP contribution in [-0.2, 0) is 9.47 Å². The summed E-state index contributed by atoms with van der Waals surface area (Å²) < 4.78 is 23.5. The highest BCUT2D eigenvalue weighted by atomic mass is 19.1. The van der Waals surface area contributed by atoms with E-state index in [0.29, 0.717) is 26.4 Å². The molecule has 1 aliphatic rings. The van der Waals surface area contributed by atoms with Gasteiger partial charge in [-0.05, 0) is 31.2 Å². The van der Waals surface area contributed by atoms with Crippen molar-refractivity contribution in [2.75, 3.05) is 71.1 Å². The number of nitrogens with zero attached hydrogens (tertiary/aromatic N) is 3. The van der Waals surface area contributed by atoms with Crippen LogP contribution >= 0.6 is 0 Å². The van der Waals surface area contributed by atoms with Crippen LogP contribution in [0, 0.1) is 5.82 Å². The number of anilines is 1. The van der Waals surface area contributed by atoms with Gasteiger partial charge in [-0.25, -0.2) is 4.39 Å². The van der Waals surface area contributed by atoms with Crippen LogP contribution in [0.5, 0.6) is 0 Å². The Kier molecular flexibility index (Phi) is 8.48. The molecule has 0 bridgehead atoms. The molecule has 0 spiro atoms.